The lowest BCUT2D eigenvalue weighted by Gasteiger charge is -1.96. The molecule has 0 saturated heterocycles. The maximum absolute atomic E-state index is 12.2. The summed E-state index contributed by atoms with van der Waals surface area (Å²) in [5.74, 6) is 0.171. The molecule has 0 aliphatic carbocycles. The Labute approximate surface area is 110 Å². The number of thiophene rings is 2. The van der Waals surface area contributed by atoms with Crippen molar-refractivity contribution in [3.8, 4) is 0 Å². The first-order chi connectivity index (χ1) is 7.09. The van der Waals surface area contributed by atoms with Gasteiger partial charge in [0.15, 0.2) is 0 Å². The van der Waals surface area contributed by atoms with E-state index in [-0.39, 0.29) is 5.78 Å². The fourth-order valence-electron chi connectivity index (χ4n) is 1.43. The third-order valence-corrected chi connectivity index (χ3v) is 5.40. The largest absolute Gasteiger partial charge is 0.287 e. The summed E-state index contributed by atoms with van der Waals surface area (Å²) in [5.41, 5.74) is 1.09. The molecule has 2 aromatic heterocycles. The van der Waals surface area contributed by atoms with Crippen LogP contribution in [0, 0.1) is 17.4 Å². The summed E-state index contributed by atoms with van der Waals surface area (Å²) in [6.07, 6.45) is 0. The van der Waals surface area contributed by atoms with Crippen LogP contribution in [0.15, 0.2) is 17.5 Å². The summed E-state index contributed by atoms with van der Waals surface area (Å²) < 4.78 is 1.05. The highest BCUT2D eigenvalue weighted by Crippen LogP contribution is 2.28. The molecule has 78 valence electrons. The van der Waals surface area contributed by atoms with Crippen LogP contribution in [0.25, 0.3) is 0 Å². The van der Waals surface area contributed by atoms with Gasteiger partial charge in [-0.25, -0.2) is 0 Å². The fraction of sp³-hybridized carbons (Fsp3) is 0.182. The van der Waals surface area contributed by atoms with Gasteiger partial charge in [-0.15, -0.1) is 22.7 Å². The SMILES string of the molecule is Cc1cc(C)c(C(=O)c2sccc2I)s1. The Morgan fingerprint density at radius 2 is 2.07 bits per heavy atom. The average molecular weight is 348 g/mol. The maximum Gasteiger partial charge on any atom is 0.214 e. The second-order valence-corrected chi connectivity index (χ2v) is 6.63. The molecule has 0 aliphatic rings. The van der Waals surface area contributed by atoms with Crippen LogP contribution in [-0.4, -0.2) is 5.78 Å². The second-order valence-electron chi connectivity index (χ2n) is 3.30. The molecule has 0 amide bonds. The van der Waals surface area contributed by atoms with Crippen molar-refractivity contribution in [1.29, 1.82) is 0 Å². The molecule has 15 heavy (non-hydrogen) atoms. The summed E-state index contributed by atoms with van der Waals surface area (Å²) in [6.45, 7) is 4.03. The molecule has 0 aromatic carbocycles. The first-order valence-electron chi connectivity index (χ1n) is 4.44. The molecule has 4 heteroatoms. The average Bonchev–Trinajstić information content (AvgIpc) is 2.71. The Balaban J connectivity index is 2.45. The van der Waals surface area contributed by atoms with Gasteiger partial charge in [0.05, 0.1) is 9.75 Å². The van der Waals surface area contributed by atoms with Crippen molar-refractivity contribution in [1.82, 2.24) is 0 Å². The number of halogens is 1. The zero-order valence-electron chi connectivity index (χ0n) is 8.33. The number of carbonyl (C=O) groups is 1. The zero-order chi connectivity index (χ0) is 11.0. The molecule has 1 nitrogen and oxygen atoms in total. The van der Waals surface area contributed by atoms with Gasteiger partial charge in [0.1, 0.15) is 0 Å². The molecule has 0 N–H and O–H groups in total. The van der Waals surface area contributed by atoms with Gasteiger partial charge in [0.25, 0.3) is 0 Å². The van der Waals surface area contributed by atoms with Crippen LogP contribution >= 0.6 is 45.3 Å². The molecular weight excluding hydrogens is 339 g/mol. The minimum atomic E-state index is 0.171. The van der Waals surface area contributed by atoms with Gasteiger partial charge in [-0.3, -0.25) is 4.79 Å². The van der Waals surface area contributed by atoms with Crippen LogP contribution in [0.1, 0.15) is 25.0 Å². The lowest BCUT2D eigenvalue weighted by atomic mass is 10.2. The smallest absolute Gasteiger partial charge is 0.214 e. The van der Waals surface area contributed by atoms with Crippen LogP contribution in [-0.2, 0) is 0 Å². The van der Waals surface area contributed by atoms with Gasteiger partial charge in [0.2, 0.25) is 5.78 Å². The van der Waals surface area contributed by atoms with Gasteiger partial charge < -0.3 is 0 Å². The summed E-state index contributed by atoms with van der Waals surface area (Å²) in [5, 5.41) is 1.96. The van der Waals surface area contributed by atoms with Gasteiger partial charge in [-0.05, 0) is 59.5 Å². The fourth-order valence-corrected chi connectivity index (χ4v) is 4.24. The van der Waals surface area contributed by atoms with Gasteiger partial charge >= 0.3 is 0 Å². The van der Waals surface area contributed by atoms with E-state index in [1.807, 2.05) is 25.3 Å². The highest BCUT2D eigenvalue weighted by atomic mass is 127. The van der Waals surface area contributed by atoms with Crippen molar-refractivity contribution in [3.63, 3.8) is 0 Å². The van der Waals surface area contributed by atoms with Crippen molar-refractivity contribution in [2.45, 2.75) is 13.8 Å². The van der Waals surface area contributed by atoms with Crippen LogP contribution in [0.2, 0.25) is 0 Å². The van der Waals surface area contributed by atoms with Gasteiger partial charge in [-0.1, -0.05) is 0 Å². The molecule has 0 fully saturated rings. The topological polar surface area (TPSA) is 17.1 Å². The number of rotatable bonds is 2. The van der Waals surface area contributed by atoms with Crippen LogP contribution in [0.3, 0.4) is 0 Å². The third kappa shape index (κ3) is 2.16. The van der Waals surface area contributed by atoms with Crippen molar-refractivity contribution >= 4 is 51.0 Å². The highest BCUT2D eigenvalue weighted by molar-refractivity contribution is 14.1. The number of carbonyl (C=O) groups excluding carboxylic acids is 1. The summed E-state index contributed by atoms with van der Waals surface area (Å²) in [4.78, 5) is 15.1. The Bertz CT molecular complexity index is 510. The quantitative estimate of drug-likeness (QED) is 0.585. The minimum absolute atomic E-state index is 0.171. The van der Waals surface area contributed by atoms with Gasteiger partial charge in [0, 0.05) is 8.45 Å². The first-order valence-corrected chi connectivity index (χ1v) is 7.22. The summed E-state index contributed by atoms with van der Waals surface area (Å²) >= 11 is 5.31. The molecule has 2 rings (SSSR count). The predicted molar refractivity (Wildman–Crippen MR) is 74.3 cm³/mol. The predicted octanol–water partition coefficient (Wildman–Crippen LogP) is 4.26. The Morgan fingerprint density at radius 3 is 2.53 bits per heavy atom. The molecule has 0 aliphatic heterocycles. The lowest BCUT2D eigenvalue weighted by Crippen LogP contribution is -1.98. The third-order valence-electron chi connectivity index (χ3n) is 2.07. The van der Waals surface area contributed by atoms with Gasteiger partial charge in [-0.2, -0.15) is 0 Å². The zero-order valence-corrected chi connectivity index (χ0v) is 12.1. The Hall–Kier alpha value is -0.200. The van der Waals surface area contributed by atoms with E-state index in [1.54, 1.807) is 11.3 Å². The van der Waals surface area contributed by atoms with E-state index < -0.39 is 0 Å². The van der Waals surface area contributed by atoms with Crippen LogP contribution in [0.5, 0.6) is 0 Å². The van der Waals surface area contributed by atoms with Crippen molar-refractivity contribution in [3.05, 3.63) is 41.3 Å². The normalized spacial score (nSPS) is 10.6. The molecule has 2 heterocycles. The van der Waals surface area contributed by atoms with E-state index in [0.29, 0.717) is 0 Å². The molecule has 0 radical (unpaired) electrons. The van der Waals surface area contributed by atoms with Crippen LogP contribution < -0.4 is 0 Å². The molecular formula is C11H9IOS2. The summed E-state index contributed by atoms with van der Waals surface area (Å²) in [7, 11) is 0. The summed E-state index contributed by atoms with van der Waals surface area (Å²) in [6, 6.07) is 4.05. The number of ketones is 1. The van der Waals surface area contributed by atoms with E-state index in [0.717, 1.165) is 18.9 Å². The number of aryl methyl sites for hydroxylation is 2. The van der Waals surface area contributed by atoms with Crippen molar-refractivity contribution in [2.75, 3.05) is 0 Å². The Kier molecular flexibility index (Phi) is 3.27. The Morgan fingerprint density at radius 1 is 1.33 bits per heavy atom. The first kappa shape index (κ1) is 11.3. The lowest BCUT2D eigenvalue weighted by molar-refractivity contribution is 0.104. The van der Waals surface area contributed by atoms with E-state index in [4.69, 9.17) is 0 Å². The highest BCUT2D eigenvalue weighted by Gasteiger charge is 2.17. The molecule has 2 aromatic rings. The molecule has 0 atom stereocenters. The van der Waals surface area contributed by atoms with E-state index in [1.165, 1.54) is 16.2 Å². The van der Waals surface area contributed by atoms with E-state index in [2.05, 4.69) is 28.7 Å². The van der Waals surface area contributed by atoms with E-state index >= 15 is 0 Å². The van der Waals surface area contributed by atoms with Crippen LogP contribution in [0.4, 0.5) is 0 Å². The number of hydrogen-bond donors (Lipinski definition) is 0. The maximum atomic E-state index is 12.2. The molecule has 0 unspecified atom stereocenters. The standard InChI is InChI=1S/C11H9IOS2/c1-6-5-7(2)15-10(6)9(13)11-8(12)3-4-14-11/h3-5H,1-2H3. The minimum Gasteiger partial charge on any atom is -0.287 e. The van der Waals surface area contributed by atoms with Crippen molar-refractivity contribution in [2.24, 2.45) is 0 Å². The number of hydrogen-bond acceptors (Lipinski definition) is 3. The molecule has 0 bridgehead atoms. The monoisotopic (exact) mass is 348 g/mol. The molecule has 0 saturated carbocycles. The van der Waals surface area contributed by atoms with E-state index in [9.17, 15) is 4.79 Å². The molecule has 0 spiro atoms. The van der Waals surface area contributed by atoms with Crippen molar-refractivity contribution < 1.29 is 4.79 Å². The second kappa shape index (κ2) is 4.35.